The van der Waals surface area contributed by atoms with Crippen LogP contribution in [-0.4, -0.2) is 33.0 Å². The molecule has 2 aliphatic heterocycles. The third-order valence-electron chi connectivity index (χ3n) is 10.7. The Hall–Kier alpha value is -6.79. The number of piperidine rings is 1. The molecule has 3 aromatic carbocycles. The summed E-state index contributed by atoms with van der Waals surface area (Å²) < 4.78 is 215. The molecule has 0 spiro atoms. The minimum Gasteiger partial charge on any atom is -0.367 e. The summed E-state index contributed by atoms with van der Waals surface area (Å²) in [6, 6.07) is 6.60. The van der Waals surface area contributed by atoms with Gasteiger partial charge in [0.25, 0.3) is 0 Å². The molecule has 19 heteroatoms. The minimum atomic E-state index is -2.56. The second-order valence-electron chi connectivity index (χ2n) is 14.1. The lowest BCUT2D eigenvalue weighted by atomic mass is 10.00. The van der Waals surface area contributed by atoms with E-state index >= 15 is 35.1 Å². The topological polar surface area (TPSA) is 63.5 Å². The van der Waals surface area contributed by atoms with Crippen LogP contribution in [0.3, 0.4) is 0 Å². The van der Waals surface area contributed by atoms with Gasteiger partial charge in [-0.2, -0.15) is 0 Å². The van der Waals surface area contributed by atoms with Crippen LogP contribution in [0.15, 0.2) is 36.4 Å². The number of benzene rings is 3. The van der Waals surface area contributed by atoms with Crippen LogP contribution in [0, 0.1) is 81.4 Å². The summed E-state index contributed by atoms with van der Waals surface area (Å²) in [5, 5.41) is 0. The van der Waals surface area contributed by atoms with Gasteiger partial charge in [-0.15, -0.1) is 0 Å². The standard InChI is InChI=1S/C42H21F14N5/c43-28-25(29(44)35(50)38(53)34(28)49)22-16-6-4-14(57-16)15-5-7-17(58-15)23(27-32(47)40(55)42(41(56)33(27)48)61-12-2-1-3-13-61)19-9-11-21(60-19)24(20-10-8-18(22)59-20)26-30(45)36(51)39(54)37(52)31(26)46/h4-11,57-59H,1-3,12-13H2. The van der Waals surface area contributed by atoms with E-state index in [1.54, 1.807) is 0 Å². The maximum atomic E-state index is 16.4. The molecule has 1 fully saturated rings. The highest BCUT2D eigenvalue weighted by atomic mass is 19.2. The first-order chi connectivity index (χ1) is 29.1. The summed E-state index contributed by atoms with van der Waals surface area (Å²) in [4.78, 5) is 13.4. The molecule has 6 heterocycles. The number of aromatic nitrogens is 4. The number of halogens is 14. The molecule has 61 heavy (non-hydrogen) atoms. The molecule has 1 saturated heterocycles. The Kier molecular flexibility index (Phi) is 9.39. The van der Waals surface area contributed by atoms with E-state index in [0.717, 1.165) is 41.3 Å². The van der Waals surface area contributed by atoms with Crippen molar-refractivity contribution in [1.29, 1.82) is 0 Å². The van der Waals surface area contributed by atoms with E-state index in [0.29, 0.717) is 19.3 Å². The number of aromatic amines is 3. The molecule has 0 saturated carbocycles. The van der Waals surface area contributed by atoms with Crippen molar-refractivity contribution in [3.05, 3.63) is 129 Å². The minimum absolute atomic E-state index is 0.00434. The molecule has 3 N–H and O–H groups in total. The third kappa shape index (κ3) is 5.94. The lowest BCUT2D eigenvalue weighted by Crippen LogP contribution is -2.31. The van der Waals surface area contributed by atoms with E-state index in [-0.39, 0.29) is 35.2 Å². The smallest absolute Gasteiger partial charge is 0.200 e. The second-order valence-corrected chi connectivity index (χ2v) is 14.1. The van der Waals surface area contributed by atoms with Crippen molar-refractivity contribution < 1.29 is 61.5 Å². The van der Waals surface area contributed by atoms with E-state index in [9.17, 15) is 26.3 Å². The van der Waals surface area contributed by atoms with Gasteiger partial charge in [0, 0.05) is 51.8 Å². The highest BCUT2D eigenvalue weighted by Gasteiger charge is 2.34. The van der Waals surface area contributed by atoms with Crippen LogP contribution in [0.4, 0.5) is 67.2 Å². The summed E-state index contributed by atoms with van der Waals surface area (Å²) in [6.45, 7) is 0.156. The molecule has 0 unspecified atom stereocenters. The normalized spacial score (nSPS) is 13.6. The highest BCUT2D eigenvalue weighted by molar-refractivity contribution is 6.00. The van der Waals surface area contributed by atoms with E-state index in [1.807, 2.05) is 0 Å². The fourth-order valence-corrected chi connectivity index (χ4v) is 7.82. The second kappa shape index (κ2) is 14.4. The van der Waals surface area contributed by atoms with Crippen LogP contribution < -0.4 is 4.90 Å². The molecular weight excluding hydrogens is 840 g/mol. The van der Waals surface area contributed by atoms with Crippen LogP contribution in [-0.2, 0) is 0 Å². The number of nitrogens with zero attached hydrogens (tertiary/aromatic N) is 2. The van der Waals surface area contributed by atoms with E-state index in [4.69, 9.17) is 0 Å². The zero-order valence-electron chi connectivity index (χ0n) is 30.3. The van der Waals surface area contributed by atoms with Gasteiger partial charge >= 0.3 is 0 Å². The zero-order chi connectivity index (χ0) is 43.3. The van der Waals surface area contributed by atoms with Crippen molar-refractivity contribution in [3.63, 3.8) is 0 Å². The average molecular weight is 862 g/mol. The highest BCUT2D eigenvalue weighted by Crippen LogP contribution is 2.44. The Morgan fingerprint density at radius 2 is 0.623 bits per heavy atom. The van der Waals surface area contributed by atoms with Gasteiger partial charge in [-0.25, -0.2) is 66.4 Å². The Morgan fingerprint density at radius 1 is 0.328 bits per heavy atom. The van der Waals surface area contributed by atoms with Gasteiger partial charge in [0.2, 0.25) is 11.6 Å². The fourth-order valence-electron chi connectivity index (χ4n) is 7.82. The molecule has 0 amide bonds. The van der Waals surface area contributed by atoms with Crippen molar-refractivity contribution >= 4 is 50.9 Å². The SMILES string of the molecule is Fc1c(F)c(F)c(-c2c3nc(c(-c4c(F)c(F)c(N5CCCCC5)c(F)c4F)c4ccc([nH]4)c4ccc([nH]4)c(-c4c(F)c(F)c(F)c(F)c4F)c4ccc2[nH]4)C=C3)c(F)c1F. The van der Waals surface area contributed by atoms with Crippen LogP contribution in [0.2, 0.25) is 0 Å². The quantitative estimate of drug-likeness (QED) is 0.0938. The van der Waals surface area contributed by atoms with Gasteiger partial charge in [0.15, 0.2) is 69.8 Å². The molecule has 0 atom stereocenters. The number of rotatable bonds is 4. The van der Waals surface area contributed by atoms with Crippen molar-refractivity contribution in [3.8, 4) is 33.4 Å². The van der Waals surface area contributed by atoms with Gasteiger partial charge in [-0.3, -0.25) is 0 Å². The van der Waals surface area contributed by atoms with Gasteiger partial charge in [0.1, 0.15) is 5.69 Å². The predicted octanol–water partition coefficient (Wildman–Crippen LogP) is 12.6. The average Bonchev–Trinajstić information content (AvgIpc) is 4.11. The first-order valence-electron chi connectivity index (χ1n) is 18.1. The first-order valence-corrected chi connectivity index (χ1v) is 18.1. The first kappa shape index (κ1) is 39.7. The molecule has 8 bridgehead atoms. The van der Waals surface area contributed by atoms with Gasteiger partial charge in [0.05, 0.1) is 39.1 Å². The Morgan fingerprint density at radius 3 is 1.02 bits per heavy atom. The lowest BCUT2D eigenvalue weighted by Gasteiger charge is -2.30. The predicted molar refractivity (Wildman–Crippen MR) is 197 cm³/mol. The summed E-state index contributed by atoms with van der Waals surface area (Å²) >= 11 is 0. The lowest BCUT2D eigenvalue weighted by molar-refractivity contribution is 0.381. The Labute approximate surface area is 331 Å². The molecule has 0 aliphatic carbocycles. The zero-order valence-corrected chi connectivity index (χ0v) is 30.3. The molecule has 5 nitrogen and oxygen atoms in total. The number of hydrogen-bond acceptors (Lipinski definition) is 2. The van der Waals surface area contributed by atoms with Gasteiger partial charge in [-0.05, 0) is 67.8 Å². The summed E-state index contributed by atoms with van der Waals surface area (Å²) in [5.74, 6) is -31.4. The molecule has 0 radical (unpaired) electrons. The molecule has 312 valence electrons. The molecule has 7 aromatic rings. The van der Waals surface area contributed by atoms with Crippen LogP contribution >= 0.6 is 0 Å². The molecule has 2 aliphatic rings. The van der Waals surface area contributed by atoms with Crippen LogP contribution in [0.5, 0.6) is 0 Å². The number of H-pyrrole nitrogens is 3. The van der Waals surface area contributed by atoms with Crippen LogP contribution in [0.25, 0.3) is 78.6 Å². The number of hydrogen-bond donors (Lipinski definition) is 3. The third-order valence-corrected chi connectivity index (χ3v) is 10.7. The monoisotopic (exact) mass is 861 g/mol. The maximum Gasteiger partial charge on any atom is 0.200 e. The Bertz CT molecular complexity index is 3110. The summed E-state index contributed by atoms with van der Waals surface area (Å²) in [7, 11) is 0. The van der Waals surface area contributed by atoms with E-state index in [2.05, 4.69) is 19.9 Å². The van der Waals surface area contributed by atoms with Crippen molar-refractivity contribution in [2.45, 2.75) is 19.3 Å². The number of anilines is 1. The number of fused-ring (bicyclic) bond motifs is 9. The van der Waals surface area contributed by atoms with Crippen molar-refractivity contribution in [1.82, 2.24) is 19.9 Å². The van der Waals surface area contributed by atoms with Gasteiger partial charge in [-0.1, -0.05) is 0 Å². The molecular formula is C42H21F14N5. The van der Waals surface area contributed by atoms with Gasteiger partial charge < -0.3 is 19.9 Å². The molecule has 9 rings (SSSR count). The fraction of sp³-hybridized carbons (Fsp3) is 0.119. The van der Waals surface area contributed by atoms with E-state index in [1.165, 1.54) is 12.1 Å². The van der Waals surface area contributed by atoms with E-state index < -0.39 is 143 Å². The van der Waals surface area contributed by atoms with Crippen molar-refractivity contribution in [2.75, 3.05) is 18.0 Å². The number of nitrogens with one attached hydrogen (secondary N) is 3. The summed E-state index contributed by atoms with van der Waals surface area (Å²) in [5.41, 5.74) is -11.1. The van der Waals surface area contributed by atoms with Crippen LogP contribution in [0.1, 0.15) is 30.7 Å². The maximum absolute atomic E-state index is 16.4. The largest absolute Gasteiger partial charge is 0.367 e. The van der Waals surface area contributed by atoms with Crippen molar-refractivity contribution in [2.24, 2.45) is 0 Å². The Balaban J connectivity index is 1.48. The molecule has 4 aromatic heterocycles. The summed E-state index contributed by atoms with van der Waals surface area (Å²) in [6.07, 6.45) is 3.50.